The lowest BCUT2D eigenvalue weighted by molar-refractivity contribution is -0.384. The first-order chi connectivity index (χ1) is 8.88. The van der Waals surface area contributed by atoms with Crippen LogP contribution in [0, 0.1) is 10.1 Å². The summed E-state index contributed by atoms with van der Waals surface area (Å²) in [5.41, 5.74) is 4.83. The fourth-order valence-electron chi connectivity index (χ4n) is 1.38. The van der Waals surface area contributed by atoms with Gasteiger partial charge in [0.2, 0.25) is 0 Å². The minimum absolute atomic E-state index is 0.0356. The smallest absolute Gasteiger partial charge is 0.293 e. The maximum atomic E-state index is 12.2. The molecular weight excluding hydrogens is 302 g/mol. The Bertz CT molecular complexity index is 527. The zero-order valence-electron chi connectivity index (χ0n) is 9.31. The molecule has 0 saturated heterocycles. The monoisotopic (exact) mass is 310 g/mol. The second kappa shape index (κ2) is 6.53. The number of thiol groups is 1. The van der Waals surface area contributed by atoms with Crippen molar-refractivity contribution >= 4 is 41.6 Å². The van der Waals surface area contributed by atoms with Gasteiger partial charge in [0.15, 0.2) is 0 Å². The van der Waals surface area contributed by atoms with Crippen molar-refractivity contribution in [1.29, 1.82) is 0 Å². The van der Waals surface area contributed by atoms with E-state index >= 15 is 0 Å². The van der Waals surface area contributed by atoms with Crippen LogP contribution in [0.5, 0.6) is 0 Å². The Morgan fingerprint density at radius 2 is 2.26 bits per heavy atom. The van der Waals surface area contributed by atoms with Gasteiger partial charge < -0.3 is 11.1 Å². The van der Waals surface area contributed by atoms with Crippen LogP contribution in [-0.2, 0) is 0 Å². The first-order valence-corrected chi connectivity index (χ1v) is 5.63. The second-order valence-corrected chi connectivity index (χ2v) is 3.94. The van der Waals surface area contributed by atoms with Crippen molar-refractivity contribution in [1.82, 2.24) is 0 Å². The van der Waals surface area contributed by atoms with Crippen LogP contribution >= 0.6 is 24.4 Å². The van der Waals surface area contributed by atoms with Crippen molar-refractivity contribution in [2.75, 3.05) is 11.9 Å². The molecule has 3 N–H and O–H groups in total. The van der Waals surface area contributed by atoms with E-state index < -0.39 is 23.6 Å². The average Bonchev–Trinajstić information content (AvgIpc) is 2.34. The van der Waals surface area contributed by atoms with Gasteiger partial charge in [-0.25, -0.2) is 13.2 Å². The summed E-state index contributed by atoms with van der Waals surface area (Å²) >= 11 is 9.42. The van der Waals surface area contributed by atoms with Crippen LogP contribution in [0.25, 0.3) is 0 Å². The molecule has 0 radical (unpaired) electrons. The first kappa shape index (κ1) is 15.4. The van der Waals surface area contributed by atoms with E-state index in [0.29, 0.717) is 0 Å². The summed E-state index contributed by atoms with van der Waals surface area (Å²) in [6, 6.07) is 2.32. The first-order valence-electron chi connectivity index (χ1n) is 4.85. The molecule has 0 atom stereocenters. The Hall–Kier alpha value is -1.61. The molecule has 10 heteroatoms. The van der Waals surface area contributed by atoms with Gasteiger partial charge in [-0.3, -0.25) is 10.1 Å². The number of rotatable bonds is 5. The zero-order chi connectivity index (χ0) is 14.6. The molecule has 0 unspecified atom stereocenters. The Labute approximate surface area is 117 Å². The number of nitrogens with zero attached hydrogens (tertiary/aromatic N) is 2. The molecule has 1 aromatic rings. The maximum Gasteiger partial charge on any atom is 0.293 e. The third-order valence-electron chi connectivity index (χ3n) is 2.13. The largest absolute Gasteiger partial charge is 0.383 e. The summed E-state index contributed by atoms with van der Waals surface area (Å²) in [7, 11) is 0. The Balaban J connectivity index is 3.41. The summed E-state index contributed by atoms with van der Waals surface area (Å²) in [6.45, 7) is -0.784. The molecule has 0 spiro atoms. The predicted octanol–water partition coefficient (Wildman–Crippen LogP) is 2.48. The van der Waals surface area contributed by atoms with Crippen molar-refractivity contribution in [2.24, 2.45) is 10.1 Å². The van der Waals surface area contributed by atoms with Crippen molar-refractivity contribution in [3.63, 3.8) is 0 Å². The lowest BCUT2D eigenvalue weighted by Crippen LogP contribution is -2.19. The highest BCUT2D eigenvalue weighted by molar-refractivity contribution is 7.79. The van der Waals surface area contributed by atoms with Gasteiger partial charge in [0.25, 0.3) is 12.1 Å². The summed E-state index contributed by atoms with van der Waals surface area (Å²) in [4.78, 5) is 10.1. The number of alkyl halides is 2. The number of halogens is 3. The molecule has 0 bridgehead atoms. The van der Waals surface area contributed by atoms with Crippen molar-refractivity contribution in [2.45, 2.75) is 6.43 Å². The minimum atomic E-state index is -2.69. The number of amidine groups is 1. The predicted molar refractivity (Wildman–Crippen MR) is 72.3 cm³/mol. The van der Waals surface area contributed by atoms with E-state index in [1.54, 1.807) is 0 Å². The maximum absolute atomic E-state index is 12.2. The molecule has 0 fully saturated rings. The topological polar surface area (TPSA) is 93.5 Å². The Morgan fingerprint density at radius 1 is 1.63 bits per heavy atom. The van der Waals surface area contributed by atoms with E-state index in [4.69, 9.17) is 17.3 Å². The van der Waals surface area contributed by atoms with Crippen LogP contribution in [0.15, 0.2) is 16.5 Å². The molecule has 0 aliphatic rings. The Kier molecular flexibility index (Phi) is 5.31. The molecule has 6 nitrogen and oxygen atoms in total. The van der Waals surface area contributed by atoms with Gasteiger partial charge in [0, 0.05) is 6.07 Å². The SMILES string of the molecule is N/C(=N\S)c1c(Cl)ccc([N+](=O)[O-])c1NCC(F)F. The van der Waals surface area contributed by atoms with Crippen LogP contribution in [0.3, 0.4) is 0 Å². The number of nitrogens with two attached hydrogens (primary N) is 1. The number of nitro groups is 1. The lowest BCUT2D eigenvalue weighted by atomic mass is 10.1. The fourth-order valence-corrected chi connectivity index (χ4v) is 1.73. The standard InChI is InChI=1S/C9H9ClF2N4O2S/c10-4-1-2-5(16(17)18)8(14-3-6(11)12)7(4)9(13)15-19/h1-2,6,14,19H,3H2,(H2,13,15). The van der Waals surface area contributed by atoms with E-state index in [1.807, 2.05) is 0 Å². The number of hydrogen-bond acceptors (Lipinski definition) is 5. The van der Waals surface area contributed by atoms with E-state index in [-0.39, 0.29) is 22.1 Å². The van der Waals surface area contributed by atoms with Gasteiger partial charge in [0.1, 0.15) is 11.5 Å². The van der Waals surface area contributed by atoms with Gasteiger partial charge in [-0.15, -0.1) is 0 Å². The Morgan fingerprint density at radius 3 is 2.74 bits per heavy atom. The summed E-state index contributed by atoms with van der Waals surface area (Å²) in [5.74, 6) is -0.214. The van der Waals surface area contributed by atoms with Gasteiger partial charge >= 0.3 is 0 Å². The molecule has 104 valence electrons. The van der Waals surface area contributed by atoms with E-state index in [1.165, 1.54) is 6.07 Å². The highest BCUT2D eigenvalue weighted by atomic mass is 35.5. The number of anilines is 1. The summed E-state index contributed by atoms with van der Waals surface area (Å²) in [6.07, 6.45) is -2.69. The molecule has 0 heterocycles. The highest BCUT2D eigenvalue weighted by Crippen LogP contribution is 2.33. The quantitative estimate of drug-likeness (QED) is 0.256. The van der Waals surface area contributed by atoms with Gasteiger partial charge in [-0.1, -0.05) is 11.6 Å². The number of benzene rings is 1. The van der Waals surface area contributed by atoms with Crippen molar-refractivity contribution in [3.8, 4) is 0 Å². The third-order valence-corrected chi connectivity index (χ3v) is 2.66. The molecule has 0 aliphatic heterocycles. The van der Waals surface area contributed by atoms with Gasteiger partial charge in [0.05, 0.1) is 22.1 Å². The molecule has 0 saturated carbocycles. The lowest BCUT2D eigenvalue weighted by Gasteiger charge is -2.13. The molecule has 19 heavy (non-hydrogen) atoms. The molecule has 0 aliphatic carbocycles. The van der Waals surface area contributed by atoms with E-state index in [2.05, 4.69) is 22.5 Å². The molecule has 0 aromatic heterocycles. The zero-order valence-corrected chi connectivity index (χ0v) is 11.0. The van der Waals surface area contributed by atoms with Crippen LogP contribution in [0.2, 0.25) is 5.02 Å². The van der Waals surface area contributed by atoms with Crippen LogP contribution < -0.4 is 11.1 Å². The van der Waals surface area contributed by atoms with Crippen molar-refractivity contribution < 1.29 is 13.7 Å². The van der Waals surface area contributed by atoms with Crippen molar-refractivity contribution in [3.05, 3.63) is 32.8 Å². The average molecular weight is 311 g/mol. The molecule has 1 rings (SSSR count). The summed E-state index contributed by atoms with van der Waals surface area (Å²) < 4.78 is 27.8. The van der Waals surface area contributed by atoms with Gasteiger partial charge in [-0.05, 0) is 18.9 Å². The van der Waals surface area contributed by atoms with Crippen LogP contribution in [0.4, 0.5) is 20.2 Å². The van der Waals surface area contributed by atoms with E-state index in [0.717, 1.165) is 6.07 Å². The fraction of sp³-hybridized carbons (Fsp3) is 0.222. The third kappa shape index (κ3) is 3.67. The minimum Gasteiger partial charge on any atom is -0.383 e. The second-order valence-electron chi connectivity index (χ2n) is 3.33. The van der Waals surface area contributed by atoms with E-state index in [9.17, 15) is 18.9 Å². The number of nitro benzene ring substituents is 1. The number of hydrogen-bond donors (Lipinski definition) is 3. The number of nitrogens with one attached hydrogen (secondary N) is 1. The molecular formula is C9H9ClF2N4O2S. The van der Waals surface area contributed by atoms with Crippen LogP contribution in [-0.4, -0.2) is 23.7 Å². The highest BCUT2D eigenvalue weighted by Gasteiger charge is 2.23. The molecule has 0 amide bonds. The molecule has 1 aromatic carbocycles. The van der Waals surface area contributed by atoms with Gasteiger partial charge in [-0.2, -0.15) is 0 Å². The summed E-state index contributed by atoms with van der Waals surface area (Å²) in [5, 5.41) is 13.2. The normalized spacial score (nSPS) is 11.7. The van der Waals surface area contributed by atoms with Crippen LogP contribution in [0.1, 0.15) is 5.56 Å².